The summed E-state index contributed by atoms with van der Waals surface area (Å²) in [6.07, 6.45) is 0. The standard InChI is InChI=1S/Ba.Mg.2NO3.2H/c;;2*2-1(3)4;;/q2*+2;4*-1. The van der Waals surface area contributed by atoms with E-state index < -0.39 is 10.2 Å². The van der Waals surface area contributed by atoms with E-state index in [1.54, 1.807) is 0 Å². The summed E-state index contributed by atoms with van der Waals surface area (Å²) in [7, 11) is 0. The third-order valence-corrected chi connectivity index (χ3v) is 0. The fraction of sp³-hybridized carbons (Fsp3) is 0. The molecular formula is H2BaMgN2O6. The topological polar surface area (TPSA) is 132 Å². The van der Waals surface area contributed by atoms with Gasteiger partial charge in [0.25, 0.3) is 0 Å². The zero-order valence-electron chi connectivity index (χ0n) is 6.76. The quantitative estimate of drug-likeness (QED) is 0.318. The maximum absolute atomic E-state index is 8.25. The molecule has 10 heteroatoms. The molecule has 0 aliphatic rings. The van der Waals surface area contributed by atoms with Crippen LogP contribution >= 0.6 is 0 Å². The molecule has 0 rings (SSSR count). The molecule has 0 aromatic carbocycles. The van der Waals surface area contributed by atoms with Gasteiger partial charge in [-0.3, -0.25) is 0 Å². The molecule has 0 N–H and O–H groups in total. The first-order valence-electron chi connectivity index (χ1n) is 1.10. The molecule has 0 spiro atoms. The molecule has 0 aromatic rings. The Morgan fingerprint density at radius 3 is 0.900 bits per heavy atom. The third-order valence-electron chi connectivity index (χ3n) is 0. The van der Waals surface area contributed by atoms with Crippen molar-refractivity contribution in [1.29, 1.82) is 0 Å². The average Bonchev–Trinajstić information content (AvgIpc) is 1.25. The first kappa shape index (κ1) is 22.4. The molecule has 10 heavy (non-hydrogen) atoms. The van der Waals surface area contributed by atoms with Gasteiger partial charge >= 0.3 is 71.9 Å². The molecule has 0 aliphatic heterocycles. The molecule has 0 bridgehead atoms. The van der Waals surface area contributed by atoms with E-state index >= 15 is 0 Å². The molecule has 8 nitrogen and oxygen atoms in total. The van der Waals surface area contributed by atoms with E-state index in [0.29, 0.717) is 0 Å². The van der Waals surface area contributed by atoms with Crippen LogP contribution in [0.1, 0.15) is 2.85 Å². The van der Waals surface area contributed by atoms with Crippen LogP contribution in [0.4, 0.5) is 0 Å². The minimum atomic E-state index is -1.75. The molecule has 0 fully saturated rings. The second-order valence-electron chi connectivity index (χ2n) is 0.447. The Morgan fingerprint density at radius 2 is 0.900 bits per heavy atom. The van der Waals surface area contributed by atoms with Crippen LogP contribution in [0.3, 0.4) is 0 Å². The summed E-state index contributed by atoms with van der Waals surface area (Å²) in [5.41, 5.74) is 0. The fourth-order valence-electron chi connectivity index (χ4n) is 0. The van der Waals surface area contributed by atoms with E-state index in [2.05, 4.69) is 0 Å². The Morgan fingerprint density at radius 1 is 0.900 bits per heavy atom. The van der Waals surface area contributed by atoms with Crippen LogP contribution in [0, 0.1) is 30.6 Å². The Hall–Kier alpha value is 0.738. The summed E-state index contributed by atoms with van der Waals surface area (Å²) >= 11 is 0. The third kappa shape index (κ3) is 961. The number of rotatable bonds is 0. The van der Waals surface area contributed by atoms with Crippen molar-refractivity contribution in [1.82, 2.24) is 0 Å². The monoisotopic (exact) mass is 288 g/mol. The summed E-state index contributed by atoms with van der Waals surface area (Å²) in [5, 5.41) is 29.5. The Balaban J connectivity index is -0.0000000112. The molecule has 0 aliphatic carbocycles. The van der Waals surface area contributed by atoms with Crippen LogP contribution in [-0.4, -0.2) is 82.1 Å². The van der Waals surface area contributed by atoms with Gasteiger partial charge < -0.3 is 33.5 Å². The normalized spacial score (nSPS) is 4.80. The minimum Gasteiger partial charge on any atom is -1.00 e. The van der Waals surface area contributed by atoms with Crippen LogP contribution in [-0.2, 0) is 0 Å². The molecule has 0 heterocycles. The van der Waals surface area contributed by atoms with Crippen molar-refractivity contribution in [3.8, 4) is 0 Å². The molecule has 0 radical (unpaired) electrons. The predicted octanol–water partition coefficient (Wildman–Crippen LogP) is -1.01. The SMILES string of the molecule is O=[N+]([O-])[O-].O=[N+]([O-])[O-].[Ba+2].[H-].[H-].[Mg+2]. The number of hydrogen-bond acceptors (Lipinski definition) is 6. The fourth-order valence-corrected chi connectivity index (χ4v) is 0. The summed E-state index contributed by atoms with van der Waals surface area (Å²) in [4.78, 5) is 16.5. The van der Waals surface area contributed by atoms with Crippen LogP contribution < -0.4 is 0 Å². The zero-order chi connectivity index (χ0) is 7.15. The average molecular weight is 288 g/mol. The van der Waals surface area contributed by atoms with Gasteiger partial charge in [-0.15, -0.1) is 0 Å². The van der Waals surface area contributed by atoms with Crippen molar-refractivity contribution in [2.24, 2.45) is 0 Å². The molecule has 0 unspecified atom stereocenters. The van der Waals surface area contributed by atoms with Gasteiger partial charge in [0, 0.05) is 0 Å². The number of hydrogen-bond donors (Lipinski definition) is 0. The summed E-state index contributed by atoms with van der Waals surface area (Å²) < 4.78 is 0. The van der Waals surface area contributed by atoms with Crippen LogP contribution in [0.25, 0.3) is 0 Å². The maximum Gasteiger partial charge on any atom is 2.00 e. The summed E-state index contributed by atoms with van der Waals surface area (Å²) in [6, 6.07) is 0. The van der Waals surface area contributed by atoms with E-state index in [-0.39, 0.29) is 74.8 Å². The van der Waals surface area contributed by atoms with Crippen molar-refractivity contribution < 1.29 is 13.0 Å². The maximum atomic E-state index is 8.25. The van der Waals surface area contributed by atoms with Crippen LogP contribution in [0.2, 0.25) is 0 Å². The van der Waals surface area contributed by atoms with Gasteiger partial charge in [0.15, 0.2) is 0 Å². The van der Waals surface area contributed by atoms with Gasteiger partial charge in [-0.05, 0) is 0 Å². The second kappa shape index (κ2) is 16.4. The Bertz CT molecular complexity index is 81.5. The van der Waals surface area contributed by atoms with Crippen LogP contribution in [0.15, 0.2) is 0 Å². The molecule has 0 saturated carbocycles. The Kier molecular flexibility index (Phi) is 36.7. The van der Waals surface area contributed by atoms with Crippen molar-refractivity contribution >= 4 is 71.9 Å². The largest absolute Gasteiger partial charge is 2.00 e. The summed E-state index contributed by atoms with van der Waals surface area (Å²) in [6.45, 7) is 0. The molecule has 0 amide bonds. The van der Waals surface area contributed by atoms with Gasteiger partial charge in [-0.1, -0.05) is 0 Å². The molecule has 0 saturated heterocycles. The van der Waals surface area contributed by atoms with Crippen molar-refractivity contribution in [2.75, 3.05) is 0 Å². The van der Waals surface area contributed by atoms with Gasteiger partial charge in [0.1, 0.15) is 0 Å². The van der Waals surface area contributed by atoms with E-state index in [4.69, 9.17) is 30.6 Å². The molecule has 0 aromatic heterocycles. The van der Waals surface area contributed by atoms with Gasteiger partial charge in [0.05, 0.1) is 10.2 Å². The zero-order valence-corrected chi connectivity index (χ0v) is 10.6. The van der Waals surface area contributed by atoms with Gasteiger partial charge in [-0.25, -0.2) is 0 Å². The van der Waals surface area contributed by atoms with Crippen LogP contribution in [0.5, 0.6) is 0 Å². The molecular weight excluding hydrogens is 286 g/mol. The summed E-state index contributed by atoms with van der Waals surface area (Å²) in [5.74, 6) is 0. The van der Waals surface area contributed by atoms with Gasteiger partial charge in [0.2, 0.25) is 0 Å². The van der Waals surface area contributed by atoms with E-state index in [0.717, 1.165) is 0 Å². The predicted molar refractivity (Wildman–Crippen MR) is 34.5 cm³/mol. The molecule has 0 atom stereocenters. The van der Waals surface area contributed by atoms with E-state index in [9.17, 15) is 0 Å². The van der Waals surface area contributed by atoms with E-state index in [1.165, 1.54) is 0 Å². The van der Waals surface area contributed by atoms with Crippen molar-refractivity contribution in [3.05, 3.63) is 30.6 Å². The minimum absolute atomic E-state index is 0. The number of nitrogens with zero attached hydrogens (tertiary/aromatic N) is 2. The molecule has 52 valence electrons. The van der Waals surface area contributed by atoms with Gasteiger partial charge in [-0.2, -0.15) is 0 Å². The van der Waals surface area contributed by atoms with E-state index in [1.807, 2.05) is 0 Å². The smallest absolute Gasteiger partial charge is 1.00 e. The Labute approximate surface area is 114 Å². The first-order chi connectivity index (χ1) is 3.46. The van der Waals surface area contributed by atoms with Crippen molar-refractivity contribution in [3.63, 3.8) is 0 Å². The second-order valence-corrected chi connectivity index (χ2v) is 0.447. The van der Waals surface area contributed by atoms with Crippen molar-refractivity contribution in [2.45, 2.75) is 0 Å². The first-order valence-corrected chi connectivity index (χ1v) is 1.10.